The first-order valence-electron chi connectivity index (χ1n) is 4.82. The Bertz CT molecular complexity index is 479. The van der Waals surface area contributed by atoms with Gasteiger partial charge in [-0.15, -0.1) is 0 Å². The summed E-state index contributed by atoms with van der Waals surface area (Å²) in [4.78, 5) is 14.0. The van der Waals surface area contributed by atoms with Gasteiger partial charge in [0.05, 0.1) is 0 Å². The fraction of sp³-hybridized carbons (Fsp3) is 0.400. The first-order valence-corrected chi connectivity index (χ1v) is 4.82. The zero-order valence-corrected chi connectivity index (χ0v) is 9.19. The Labute approximate surface area is 87.9 Å². The highest BCUT2D eigenvalue weighted by atomic mass is 16.1. The first kappa shape index (κ1) is 11.3. The summed E-state index contributed by atoms with van der Waals surface area (Å²) < 4.78 is 1.70. The van der Waals surface area contributed by atoms with Crippen molar-refractivity contribution in [2.24, 2.45) is 16.9 Å². The van der Waals surface area contributed by atoms with Crippen LogP contribution in [0.1, 0.15) is 20.8 Å². The van der Waals surface area contributed by atoms with E-state index in [1.807, 2.05) is 26.8 Å². The highest BCUT2D eigenvalue weighted by molar-refractivity contribution is 5.45. The number of aromatic nitrogens is 2. The van der Waals surface area contributed by atoms with Gasteiger partial charge in [0.1, 0.15) is 0 Å². The van der Waals surface area contributed by atoms with Crippen molar-refractivity contribution in [3.63, 3.8) is 0 Å². The summed E-state index contributed by atoms with van der Waals surface area (Å²) in [7, 11) is 0. The van der Waals surface area contributed by atoms with Gasteiger partial charge >= 0.3 is 0 Å². The predicted octanol–water partition coefficient (Wildman–Crippen LogP) is 0.468. The maximum absolute atomic E-state index is 11.4. The zero-order valence-electron chi connectivity index (χ0n) is 9.19. The third-order valence-electron chi connectivity index (χ3n) is 2.16. The van der Waals surface area contributed by atoms with Crippen LogP contribution in [0.2, 0.25) is 0 Å². The maximum Gasteiger partial charge on any atom is 0.293 e. The summed E-state index contributed by atoms with van der Waals surface area (Å²) in [6.07, 6.45) is 5.25. The topological polar surface area (TPSA) is 76.2 Å². The molecule has 0 atom stereocenters. The Morgan fingerprint density at radius 1 is 1.67 bits per heavy atom. The largest absolute Gasteiger partial charge is 0.324 e. The molecule has 0 amide bonds. The van der Waals surface area contributed by atoms with E-state index in [2.05, 4.69) is 10.1 Å². The molecule has 0 saturated heterocycles. The van der Waals surface area contributed by atoms with Crippen molar-refractivity contribution >= 4 is 5.70 Å². The molecule has 0 spiro atoms. The second kappa shape index (κ2) is 4.63. The summed E-state index contributed by atoms with van der Waals surface area (Å²) in [6.45, 7) is 6.01. The lowest BCUT2D eigenvalue weighted by Gasteiger charge is -2.13. The zero-order chi connectivity index (χ0) is 11.4. The number of nitrogens with two attached hydrogens (primary N) is 1. The van der Waals surface area contributed by atoms with Crippen molar-refractivity contribution in [2.75, 3.05) is 0 Å². The van der Waals surface area contributed by atoms with Crippen LogP contribution in [0.15, 0.2) is 28.4 Å². The summed E-state index contributed by atoms with van der Waals surface area (Å²) in [5.74, 6) is 5.49. The molecule has 0 unspecified atom stereocenters. The summed E-state index contributed by atoms with van der Waals surface area (Å²) in [5, 5.41) is 3.50. The van der Waals surface area contributed by atoms with E-state index in [4.69, 9.17) is 5.84 Å². The van der Waals surface area contributed by atoms with Crippen LogP contribution in [0.5, 0.6) is 0 Å². The van der Waals surface area contributed by atoms with Gasteiger partial charge in [0.25, 0.3) is 5.56 Å². The number of allylic oxidation sites excluding steroid dienone is 2. The third-order valence-corrected chi connectivity index (χ3v) is 2.16. The molecule has 1 rings (SSSR count). The van der Waals surface area contributed by atoms with Crippen molar-refractivity contribution < 1.29 is 0 Å². The van der Waals surface area contributed by atoms with Crippen LogP contribution >= 0.6 is 0 Å². The van der Waals surface area contributed by atoms with Gasteiger partial charge < -0.3 is 10.8 Å². The van der Waals surface area contributed by atoms with E-state index in [1.165, 1.54) is 0 Å². The van der Waals surface area contributed by atoms with E-state index in [9.17, 15) is 4.79 Å². The molecule has 0 aliphatic carbocycles. The molecule has 0 aliphatic heterocycles. The number of H-pyrrole nitrogens is 1. The summed E-state index contributed by atoms with van der Waals surface area (Å²) in [5.41, 5.74) is 0.907. The van der Waals surface area contributed by atoms with Gasteiger partial charge in [-0.1, -0.05) is 19.9 Å². The van der Waals surface area contributed by atoms with E-state index in [-0.39, 0.29) is 11.0 Å². The lowest BCUT2D eigenvalue weighted by atomic mass is 10.1. The van der Waals surface area contributed by atoms with Gasteiger partial charge in [-0.25, -0.2) is 0 Å². The molecule has 5 heteroatoms. The Morgan fingerprint density at radius 2 is 2.33 bits per heavy atom. The highest BCUT2D eigenvalue weighted by Crippen LogP contribution is 2.12. The molecule has 0 fully saturated rings. The Kier molecular flexibility index (Phi) is 3.49. The van der Waals surface area contributed by atoms with Crippen molar-refractivity contribution in [3.05, 3.63) is 34.3 Å². The molecule has 1 heterocycles. The van der Waals surface area contributed by atoms with Crippen molar-refractivity contribution in [1.29, 1.82) is 0 Å². The average Bonchev–Trinajstić information content (AvgIpc) is 2.18. The number of nitrogens with one attached hydrogen (secondary N) is 1. The van der Waals surface area contributed by atoms with Crippen LogP contribution in [0.3, 0.4) is 0 Å². The summed E-state index contributed by atoms with van der Waals surface area (Å²) in [6, 6.07) is 0. The quantitative estimate of drug-likeness (QED) is 0.547. The number of rotatable bonds is 2. The van der Waals surface area contributed by atoms with E-state index >= 15 is 0 Å². The van der Waals surface area contributed by atoms with Gasteiger partial charge in [-0.05, 0) is 12.8 Å². The lowest BCUT2D eigenvalue weighted by molar-refractivity contribution is 0.750. The smallest absolute Gasteiger partial charge is 0.293 e. The monoisotopic (exact) mass is 208 g/mol. The van der Waals surface area contributed by atoms with Crippen LogP contribution in [0.25, 0.3) is 5.70 Å². The fourth-order valence-electron chi connectivity index (χ4n) is 1.51. The van der Waals surface area contributed by atoms with Crippen LogP contribution < -0.4 is 16.9 Å². The van der Waals surface area contributed by atoms with Gasteiger partial charge in [0.2, 0.25) is 5.49 Å². The van der Waals surface area contributed by atoms with Crippen molar-refractivity contribution in [3.8, 4) is 0 Å². The molecular weight excluding hydrogens is 192 g/mol. The first-order chi connectivity index (χ1) is 7.11. The minimum atomic E-state index is -0.292. The molecule has 1 aromatic rings. The van der Waals surface area contributed by atoms with Crippen molar-refractivity contribution in [1.82, 2.24) is 9.55 Å². The average molecular weight is 208 g/mol. The second-order valence-corrected chi connectivity index (χ2v) is 3.48. The van der Waals surface area contributed by atoms with Gasteiger partial charge in [-0.3, -0.25) is 9.36 Å². The Morgan fingerprint density at radius 3 is 2.80 bits per heavy atom. The molecule has 0 saturated carbocycles. The molecule has 82 valence electrons. The van der Waals surface area contributed by atoms with Gasteiger partial charge in [0, 0.05) is 18.1 Å². The second-order valence-electron chi connectivity index (χ2n) is 3.48. The lowest BCUT2D eigenvalue weighted by Crippen LogP contribution is -2.38. The highest BCUT2D eigenvalue weighted by Gasteiger charge is 2.06. The molecule has 3 N–H and O–H groups in total. The number of hydrogen-bond donors (Lipinski definition) is 2. The Balaban J connectivity index is 3.52. The van der Waals surface area contributed by atoms with Crippen molar-refractivity contribution in [2.45, 2.75) is 20.8 Å². The predicted molar refractivity (Wildman–Crippen MR) is 59.6 cm³/mol. The molecule has 1 aromatic heterocycles. The summed E-state index contributed by atoms with van der Waals surface area (Å²) >= 11 is 0. The Hall–Kier alpha value is -1.78. The SMILES string of the molecule is C/C=C(/C(C)C)n1cc[nH]c(=O)/c1=N/N. The third kappa shape index (κ3) is 2.18. The normalized spacial score (nSPS) is 13.6. The molecular formula is C10H16N4O. The molecule has 0 bridgehead atoms. The van der Waals surface area contributed by atoms with E-state index in [0.717, 1.165) is 5.70 Å². The van der Waals surface area contributed by atoms with Crippen LogP contribution in [-0.2, 0) is 0 Å². The fourth-order valence-corrected chi connectivity index (χ4v) is 1.51. The number of hydrogen-bond acceptors (Lipinski definition) is 3. The van der Waals surface area contributed by atoms with E-state index in [0.29, 0.717) is 5.92 Å². The minimum absolute atomic E-state index is 0.208. The molecule has 0 radical (unpaired) electrons. The number of nitrogens with zero attached hydrogens (tertiary/aromatic N) is 2. The van der Waals surface area contributed by atoms with Crippen LogP contribution in [0.4, 0.5) is 0 Å². The molecule has 5 nitrogen and oxygen atoms in total. The van der Waals surface area contributed by atoms with Gasteiger partial charge in [0.15, 0.2) is 0 Å². The van der Waals surface area contributed by atoms with Gasteiger partial charge in [-0.2, -0.15) is 5.10 Å². The molecule has 0 aromatic carbocycles. The van der Waals surface area contributed by atoms with Crippen LogP contribution in [-0.4, -0.2) is 9.55 Å². The maximum atomic E-state index is 11.4. The van der Waals surface area contributed by atoms with E-state index in [1.54, 1.807) is 17.0 Å². The standard InChI is InChI=1S/C10H16N4O/c1-4-8(7(2)3)14-6-5-12-10(15)9(14)13-11/h4-7H,11H2,1-3H3,(H,12,15)/b8-4-,13-9-. The van der Waals surface area contributed by atoms with Crippen LogP contribution in [0, 0.1) is 5.92 Å². The minimum Gasteiger partial charge on any atom is -0.324 e. The number of aromatic amines is 1. The molecule has 15 heavy (non-hydrogen) atoms. The van der Waals surface area contributed by atoms with E-state index < -0.39 is 0 Å². The molecule has 0 aliphatic rings.